The molecule has 1 N–H and O–H groups in total. The Balaban J connectivity index is 1.32. The molecule has 8 nitrogen and oxygen atoms in total. The second-order valence-electron chi connectivity index (χ2n) is 8.59. The highest BCUT2D eigenvalue weighted by Gasteiger charge is 2.20. The molecule has 1 atom stereocenters. The summed E-state index contributed by atoms with van der Waals surface area (Å²) in [5.41, 5.74) is 6.09. The van der Waals surface area contributed by atoms with Crippen LogP contribution >= 0.6 is 0 Å². The Labute approximate surface area is 220 Å². The third-order valence-corrected chi connectivity index (χ3v) is 6.05. The Morgan fingerprint density at radius 2 is 1.32 bits per heavy atom. The number of hydrogen-bond acceptors (Lipinski definition) is 7. The van der Waals surface area contributed by atoms with Crippen molar-refractivity contribution in [1.82, 2.24) is 9.97 Å². The largest absolute Gasteiger partial charge is 0.491 e. The van der Waals surface area contributed by atoms with E-state index in [1.54, 1.807) is 13.4 Å². The number of aryl methyl sites for hydroxylation is 1. The molecule has 8 heteroatoms. The number of methoxy groups -OCH3 is 1. The Morgan fingerprint density at radius 3 is 1.89 bits per heavy atom. The van der Waals surface area contributed by atoms with Crippen LogP contribution in [0.25, 0.3) is 0 Å². The highest BCUT2D eigenvalue weighted by molar-refractivity contribution is 5.46. The quantitative estimate of drug-likeness (QED) is 0.240. The first-order valence-electron chi connectivity index (χ1n) is 12.8. The molecule has 3 aromatic rings. The molecule has 0 saturated carbocycles. The first-order valence-corrected chi connectivity index (χ1v) is 12.8. The zero-order valence-electron chi connectivity index (χ0n) is 22.2. The van der Waals surface area contributed by atoms with Crippen molar-refractivity contribution < 1.29 is 28.4 Å². The van der Waals surface area contributed by atoms with Gasteiger partial charge < -0.3 is 33.4 Å². The van der Waals surface area contributed by atoms with E-state index in [1.165, 1.54) is 22.3 Å². The first-order chi connectivity index (χ1) is 18.2. The normalized spacial score (nSPS) is 12.1. The van der Waals surface area contributed by atoms with Crippen LogP contribution in [0.5, 0.6) is 5.75 Å². The monoisotopic (exact) mass is 512 g/mol. The molecule has 0 aliphatic rings. The van der Waals surface area contributed by atoms with E-state index in [1.807, 2.05) is 18.3 Å². The lowest BCUT2D eigenvalue weighted by Crippen LogP contribution is -2.14. The fraction of sp³-hybridized carbons (Fsp3) is 0.483. The summed E-state index contributed by atoms with van der Waals surface area (Å²) in [6.07, 6.45) is 3.62. The Hall–Kier alpha value is -2.75. The van der Waals surface area contributed by atoms with Gasteiger partial charge in [-0.25, -0.2) is 4.98 Å². The highest BCUT2D eigenvalue weighted by Crippen LogP contribution is 2.34. The van der Waals surface area contributed by atoms with Gasteiger partial charge in [-0.15, -0.1) is 0 Å². The van der Waals surface area contributed by atoms with E-state index in [2.05, 4.69) is 54.1 Å². The number of ether oxygens (including phenoxy) is 6. The van der Waals surface area contributed by atoms with Crippen LogP contribution in [-0.4, -0.2) is 83.1 Å². The van der Waals surface area contributed by atoms with E-state index in [4.69, 9.17) is 28.4 Å². The molecule has 3 rings (SSSR count). The molecule has 0 spiro atoms. The molecule has 0 aliphatic carbocycles. The van der Waals surface area contributed by atoms with Crippen LogP contribution < -0.4 is 4.74 Å². The fourth-order valence-electron chi connectivity index (χ4n) is 3.92. The van der Waals surface area contributed by atoms with Crippen molar-refractivity contribution in [2.24, 2.45) is 0 Å². The summed E-state index contributed by atoms with van der Waals surface area (Å²) in [5.74, 6) is 0.899. The summed E-state index contributed by atoms with van der Waals surface area (Å²) < 4.78 is 32.6. The molecule has 0 aliphatic heterocycles. The smallest absolute Gasteiger partial charge is 0.119 e. The maximum atomic E-state index is 5.86. The molecule has 2 aromatic carbocycles. The second-order valence-corrected chi connectivity index (χ2v) is 8.59. The van der Waals surface area contributed by atoms with Crippen LogP contribution in [0.4, 0.5) is 0 Å². The molecule has 37 heavy (non-hydrogen) atoms. The molecule has 1 unspecified atom stereocenters. The van der Waals surface area contributed by atoms with Gasteiger partial charge in [0.25, 0.3) is 0 Å². The third kappa shape index (κ3) is 9.91. The van der Waals surface area contributed by atoms with Gasteiger partial charge in [0.2, 0.25) is 0 Å². The summed E-state index contributed by atoms with van der Waals surface area (Å²) in [7, 11) is 1.65. The van der Waals surface area contributed by atoms with Crippen molar-refractivity contribution in [2.45, 2.75) is 19.8 Å². The number of H-pyrrole nitrogens is 1. The van der Waals surface area contributed by atoms with E-state index in [9.17, 15) is 0 Å². The van der Waals surface area contributed by atoms with Gasteiger partial charge in [0.1, 0.15) is 12.4 Å². The molecule has 0 saturated heterocycles. The lowest BCUT2D eigenvalue weighted by Gasteiger charge is -2.20. The second kappa shape index (κ2) is 16.9. The van der Waals surface area contributed by atoms with Crippen molar-refractivity contribution in [1.29, 1.82) is 0 Å². The third-order valence-electron chi connectivity index (χ3n) is 6.05. The number of aromatic nitrogens is 2. The highest BCUT2D eigenvalue weighted by atomic mass is 16.6. The summed E-state index contributed by atoms with van der Waals surface area (Å²) >= 11 is 0. The maximum absolute atomic E-state index is 5.86. The lowest BCUT2D eigenvalue weighted by molar-refractivity contribution is -0.00978. The number of nitrogens with zero attached hydrogens (tertiary/aromatic N) is 1. The molecular weight excluding hydrogens is 472 g/mol. The lowest BCUT2D eigenvalue weighted by atomic mass is 9.85. The number of imidazole rings is 1. The summed E-state index contributed by atoms with van der Waals surface area (Å²) in [6.45, 7) is 9.71. The summed E-state index contributed by atoms with van der Waals surface area (Å²) in [4.78, 5) is 7.55. The van der Waals surface area contributed by atoms with E-state index < -0.39 is 0 Å². The molecule has 0 bridgehead atoms. The van der Waals surface area contributed by atoms with Gasteiger partial charge in [-0.2, -0.15) is 0 Å². The molecule has 0 amide bonds. The molecule has 202 valence electrons. The van der Waals surface area contributed by atoms with E-state index in [0.717, 1.165) is 11.4 Å². The molecule has 0 fully saturated rings. The van der Waals surface area contributed by atoms with Crippen LogP contribution in [0.1, 0.15) is 33.9 Å². The van der Waals surface area contributed by atoms with Crippen LogP contribution in [0, 0.1) is 13.8 Å². The van der Waals surface area contributed by atoms with Crippen LogP contribution in [-0.2, 0) is 23.7 Å². The van der Waals surface area contributed by atoms with Crippen molar-refractivity contribution in [3.05, 3.63) is 82.9 Å². The zero-order valence-corrected chi connectivity index (χ0v) is 22.2. The van der Waals surface area contributed by atoms with Gasteiger partial charge in [-0.05, 0) is 48.2 Å². The van der Waals surface area contributed by atoms with E-state index in [-0.39, 0.29) is 5.92 Å². The van der Waals surface area contributed by atoms with Crippen LogP contribution in [0.2, 0.25) is 0 Å². The molecule has 1 aromatic heterocycles. The van der Waals surface area contributed by atoms with Crippen molar-refractivity contribution in [3.63, 3.8) is 0 Å². The number of aromatic amines is 1. The van der Waals surface area contributed by atoms with Gasteiger partial charge in [-0.1, -0.05) is 30.3 Å². The molecule has 1 heterocycles. The minimum atomic E-state index is 0.0828. The number of nitrogens with one attached hydrogen (secondary N) is 1. The van der Waals surface area contributed by atoms with Crippen molar-refractivity contribution in [3.8, 4) is 5.75 Å². The summed E-state index contributed by atoms with van der Waals surface area (Å²) in [5, 5.41) is 0. The van der Waals surface area contributed by atoms with Gasteiger partial charge in [0, 0.05) is 19.0 Å². The van der Waals surface area contributed by atoms with Gasteiger partial charge >= 0.3 is 0 Å². The SMILES string of the molecule is COCCOCCOCCOCCOCCOc1ccc(C(c2cnc[nH]2)c2cccc(C)c2C)cc1. The number of benzene rings is 2. The fourth-order valence-corrected chi connectivity index (χ4v) is 3.92. The Kier molecular flexibility index (Phi) is 13.2. The van der Waals surface area contributed by atoms with Gasteiger partial charge in [0.15, 0.2) is 0 Å². The number of rotatable bonds is 19. The predicted octanol–water partition coefficient (Wildman–Crippen LogP) is 4.30. The Bertz CT molecular complexity index is 994. The molecular formula is C29H40N2O6. The number of hydrogen-bond donors (Lipinski definition) is 1. The minimum Gasteiger partial charge on any atom is -0.491 e. The van der Waals surface area contributed by atoms with E-state index in [0.29, 0.717) is 66.1 Å². The van der Waals surface area contributed by atoms with Crippen LogP contribution in [0.3, 0.4) is 0 Å². The van der Waals surface area contributed by atoms with E-state index >= 15 is 0 Å². The average molecular weight is 513 g/mol. The van der Waals surface area contributed by atoms with Gasteiger partial charge in [-0.3, -0.25) is 0 Å². The zero-order chi connectivity index (χ0) is 26.1. The maximum Gasteiger partial charge on any atom is 0.119 e. The first kappa shape index (κ1) is 28.8. The Morgan fingerprint density at radius 1 is 0.730 bits per heavy atom. The summed E-state index contributed by atoms with van der Waals surface area (Å²) in [6, 6.07) is 14.7. The van der Waals surface area contributed by atoms with Gasteiger partial charge in [0.05, 0.1) is 71.7 Å². The van der Waals surface area contributed by atoms with Crippen molar-refractivity contribution >= 4 is 0 Å². The van der Waals surface area contributed by atoms with Crippen LogP contribution in [0.15, 0.2) is 55.0 Å². The predicted molar refractivity (Wildman–Crippen MR) is 143 cm³/mol. The average Bonchev–Trinajstić information content (AvgIpc) is 3.44. The van der Waals surface area contributed by atoms with Crippen molar-refractivity contribution in [2.75, 3.05) is 73.2 Å². The standard InChI is InChI=1S/C29H40N2O6/c1-23-5-4-6-27(24(23)2)29(28-21-30-22-31-28)25-7-9-26(10-8-25)37-20-19-36-18-17-35-16-15-34-14-13-33-12-11-32-3/h4-10,21-22,29H,11-20H2,1-3H3,(H,30,31). The molecule has 0 radical (unpaired) electrons. The minimum absolute atomic E-state index is 0.0828. The topological polar surface area (TPSA) is 84.1 Å².